The van der Waals surface area contributed by atoms with Gasteiger partial charge < -0.3 is 10.5 Å². The summed E-state index contributed by atoms with van der Waals surface area (Å²) in [5.41, 5.74) is 7.79. The zero-order valence-corrected chi connectivity index (χ0v) is 13.2. The minimum atomic E-state index is -0.411. The highest BCUT2D eigenvalue weighted by molar-refractivity contribution is 5.99. The molecular weight excluding hydrogens is 288 g/mol. The van der Waals surface area contributed by atoms with Crippen LogP contribution in [0.5, 0.6) is 5.75 Å². The number of nitrogens with zero attached hydrogens (tertiary/aromatic N) is 1. The lowest BCUT2D eigenvalue weighted by Crippen LogP contribution is -2.25. The van der Waals surface area contributed by atoms with Crippen molar-refractivity contribution in [2.75, 3.05) is 26.2 Å². The summed E-state index contributed by atoms with van der Waals surface area (Å²) in [6, 6.07) is 15.2. The number of hydrogen-bond donors (Lipinski definition) is 1. The van der Waals surface area contributed by atoms with Gasteiger partial charge in [0.05, 0.1) is 0 Å². The van der Waals surface area contributed by atoms with E-state index in [0.29, 0.717) is 12.2 Å². The highest BCUT2D eigenvalue weighted by Crippen LogP contribution is 2.25. The van der Waals surface area contributed by atoms with E-state index in [1.807, 2.05) is 42.5 Å². The first-order valence-electron chi connectivity index (χ1n) is 8.08. The van der Waals surface area contributed by atoms with Crippen LogP contribution in [0, 0.1) is 0 Å². The van der Waals surface area contributed by atoms with Gasteiger partial charge in [0.2, 0.25) is 5.91 Å². The van der Waals surface area contributed by atoms with E-state index in [1.165, 1.54) is 25.9 Å². The standard InChI is InChI=1S/C19H22N2O2/c20-19(22)18-6-2-1-5-17(18)15-7-9-16(10-8-15)23-14-13-21-11-3-4-12-21/h1-2,5-10H,3-4,11-14H2,(H2,20,22). The molecule has 1 saturated heterocycles. The second-order valence-corrected chi connectivity index (χ2v) is 5.83. The van der Waals surface area contributed by atoms with E-state index >= 15 is 0 Å². The van der Waals surface area contributed by atoms with Crippen LogP contribution in [0.2, 0.25) is 0 Å². The van der Waals surface area contributed by atoms with E-state index in [0.717, 1.165) is 23.4 Å². The Kier molecular flexibility index (Phi) is 4.93. The molecule has 0 aromatic heterocycles. The molecule has 0 unspecified atom stereocenters. The number of amides is 1. The van der Waals surface area contributed by atoms with Crippen molar-refractivity contribution in [1.82, 2.24) is 4.90 Å². The third kappa shape index (κ3) is 3.90. The molecule has 0 atom stereocenters. The summed E-state index contributed by atoms with van der Waals surface area (Å²) in [6.45, 7) is 4.06. The maximum absolute atomic E-state index is 11.5. The molecule has 3 rings (SSSR count). The quantitative estimate of drug-likeness (QED) is 0.892. The second kappa shape index (κ2) is 7.29. The van der Waals surface area contributed by atoms with Gasteiger partial charge in [-0.15, -0.1) is 0 Å². The van der Waals surface area contributed by atoms with Crippen molar-refractivity contribution in [3.05, 3.63) is 54.1 Å². The van der Waals surface area contributed by atoms with E-state index in [-0.39, 0.29) is 0 Å². The average Bonchev–Trinajstić information content (AvgIpc) is 3.09. The molecule has 1 amide bonds. The summed E-state index contributed by atoms with van der Waals surface area (Å²) >= 11 is 0. The molecule has 0 aliphatic carbocycles. The van der Waals surface area contributed by atoms with Gasteiger partial charge in [0, 0.05) is 12.1 Å². The van der Waals surface area contributed by atoms with E-state index < -0.39 is 5.91 Å². The van der Waals surface area contributed by atoms with Crippen LogP contribution in [0.25, 0.3) is 11.1 Å². The lowest BCUT2D eigenvalue weighted by atomic mass is 9.99. The molecular formula is C19H22N2O2. The Morgan fingerprint density at radius 3 is 2.43 bits per heavy atom. The Morgan fingerprint density at radius 2 is 1.74 bits per heavy atom. The van der Waals surface area contributed by atoms with Crippen LogP contribution in [-0.2, 0) is 0 Å². The third-order valence-corrected chi connectivity index (χ3v) is 4.23. The van der Waals surface area contributed by atoms with Crippen LogP contribution in [0.4, 0.5) is 0 Å². The van der Waals surface area contributed by atoms with Crippen LogP contribution >= 0.6 is 0 Å². The summed E-state index contributed by atoms with van der Waals surface area (Å²) in [6.07, 6.45) is 2.60. The van der Waals surface area contributed by atoms with E-state index in [4.69, 9.17) is 10.5 Å². The largest absolute Gasteiger partial charge is 0.492 e. The molecule has 120 valence electrons. The molecule has 4 nitrogen and oxygen atoms in total. The number of ether oxygens (including phenoxy) is 1. The molecule has 2 N–H and O–H groups in total. The van der Waals surface area contributed by atoms with Gasteiger partial charge in [0.15, 0.2) is 0 Å². The van der Waals surface area contributed by atoms with E-state index in [9.17, 15) is 4.79 Å². The number of likely N-dealkylation sites (tertiary alicyclic amines) is 1. The highest BCUT2D eigenvalue weighted by atomic mass is 16.5. The number of carbonyl (C=O) groups is 1. The lowest BCUT2D eigenvalue weighted by Gasteiger charge is -2.15. The number of hydrogen-bond acceptors (Lipinski definition) is 3. The molecule has 1 aliphatic heterocycles. The van der Waals surface area contributed by atoms with Crippen molar-refractivity contribution in [2.45, 2.75) is 12.8 Å². The molecule has 2 aromatic carbocycles. The fourth-order valence-electron chi connectivity index (χ4n) is 2.98. The van der Waals surface area contributed by atoms with Crippen molar-refractivity contribution in [2.24, 2.45) is 5.73 Å². The average molecular weight is 310 g/mol. The third-order valence-electron chi connectivity index (χ3n) is 4.23. The smallest absolute Gasteiger partial charge is 0.249 e. The van der Waals surface area contributed by atoms with Crippen LogP contribution in [-0.4, -0.2) is 37.0 Å². The Labute approximate surface area is 136 Å². The predicted molar refractivity (Wildman–Crippen MR) is 91.6 cm³/mol. The number of benzene rings is 2. The Balaban J connectivity index is 1.64. The first-order valence-corrected chi connectivity index (χ1v) is 8.08. The van der Waals surface area contributed by atoms with Crippen LogP contribution in [0.3, 0.4) is 0 Å². The lowest BCUT2D eigenvalue weighted by molar-refractivity contribution is 0.100. The van der Waals surface area contributed by atoms with Crippen LogP contribution in [0.15, 0.2) is 48.5 Å². The molecule has 1 heterocycles. The minimum Gasteiger partial charge on any atom is -0.492 e. The first-order chi connectivity index (χ1) is 11.2. The SMILES string of the molecule is NC(=O)c1ccccc1-c1ccc(OCCN2CCCC2)cc1. The minimum absolute atomic E-state index is 0.411. The molecule has 0 spiro atoms. The van der Waals surface area contributed by atoms with E-state index in [2.05, 4.69) is 4.90 Å². The topological polar surface area (TPSA) is 55.6 Å². The summed E-state index contributed by atoms with van der Waals surface area (Å²) in [5, 5.41) is 0. The zero-order chi connectivity index (χ0) is 16.1. The Morgan fingerprint density at radius 1 is 1.04 bits per heavy atom. The van der Waals surface area contributed by atoms with Crippen molar-refractivity contribution in [1.29, 1.82) is 0 Å². The van der Waals surface area contributed by atoms with Crippen molar-refractivity contribution < 1.29 is 9.53 Å². The fourth-order valence-corrected chi connectivity index (χ4v) is 2.98. The van der Waals surface area contributed by atoms with Gasteiger partial charge in [-0.2, -0.15) is 0 Å². The first kappa shape index (κ1) is 15.6. The number of carbonyl (C=O) groups excluding carboxylic acids is 1. The maximum atomic E-state index is 11.5. The molecule has 1 fully saturated rings. The van der Waals surface area contributed by atoms with Gasteiger partial charge in [-0.25, -0.2) is 0 Å². The van der Waals surface area contributed by atoms with Crippen LogP contribution in [0.1, 0.15) is 23.2 Å². The van der Waals surface area contributed by atoms with Gasteiger partial charge in [-0.05, 0) is 55.3 Å². The highest BCUT2D eigenvalue weighted by Gasteiger charge is 2.11. The number of nitrogens with two attached hydrogens (primary N) is 1. The number of rotatable bonds is 6. The molecule has 0 bridgehead atoms. The van der Waals surface area contributed by atoms with Crippen LogP contribution < -0.4 is 10.5 Å². The molecule has 1 aliphatic rings. The van der Waals surface area contributed by atoms with Gasteiger partial charge in [-0.3, -0.25) is 9.69 Å². The normalized spacial score (nSPS) is 14.8. The maximum Gasteiger partial charge on any atom is 0.249 e. The van der Waals surface area contributed by atoms with Crippen molar-refractivity contribution in [3.63, 3.8) is 0 Å². The summed E-state index contributed by atoms with van der Waals surface area (Å²) in [4.78, 5) is 14.0. The van der Waals surface area contributed by atoms with Gasteiger partial charge in [0.1, 0.15) is 12.4 Å². The second-order valence-electron chi connectivity index (χ2n) is 5.83. The Bertz CT molecular complexity index is 661. The summed E-state index contributed by atoms with van der Waals surface area (Å²) < 4.78 is 5.80. The summed E-state index contributed by atoms with van der Waals surface area (Å²) in [5.74, 6) is 0.441. The molecule has 4 heteroatoms. The number of primary amides is 1. The van der Waals surface area contributed by atoms with Crippen molar-refractivity contribution in [3.8, 4) is 16.9 Å². The van der Waals surface area contributed by atoms with Gasteiger partial charge in [0.25, 0.3) is 0 Å². The van der Waals surface area contributed by atoms with Crippen molar-refractivity contribution >= 4 is 5.91 Å². The Hall–Kier alpha value is -2.33. The predicted octanol–water partition coefficient (Wildman–Crippen LogP) is 2.93. The summed E-state index contributed by atoms with van der Waals surface area (Å²) in [7, 11) is 0. The molecule has 2 aromatic rings. The van der Waals surface area contributed by atoms with Gasteiger partial charge >= 0.3 is 0 Å². The molecule has 0 radical (unpaired) electrons. The monoisotopic (exact) mass is 310 g/mol. The molecule has 0 saturated carbocycles. The fraction of sp³-hybridized carbons (Fsp3) is 0.316. The zero-order valence-electron chi connectivity index (χ0n) is 13.2. The van der Waals surface area contributed by atoms with E-state index in [1.54, 1.807) is 6.07 Å². The molecule has 23 heavy (non-hydrogen) atoms. The van der Waals surface area contributed by atoms with Gasteiger partial charge in [-0.1, -0.05) is 30.3 Å².